The monoisotopic (exact) mass is 414 g/mol. The highest BCUT2D eigenvalue weighted by Crippen LogP contribution is 2.35. The molecule has 0 aliphatic heterocycles. The molecule has 146 valence electrons. The molecular formula is C21H22N2O3S2. The van der Waals surface area contributed by atoms with Gasteiger partial charge in [0.05, 0.1) is 25.7 Å². The summed E-state index contributed by atoms with van der Waals surface area (Å²) in [6.45, 7) is 4.15. The molecule has 7 heteroatoms. The lowest BCUT2D eigenvalue weighted by molar-refractivity contribution is -0.113. The third kappa shape index (κ3) is 4.85. The Kier molecular flexibility index (Phi) is 6.59. The summed E-state index contributed by atoms with van der Waals surface area (Å²) in [5, 5.41) is 5.32. The maximum atomic E-state index is 12.3. The van der Waals surface area contributed by atoms with Crippen molar-refractivity contribution in [2.24, 2.45) is 0 Å². The molecule has 1 aromatic heterocycles. The molecule has 0 saturated heterocycles. The number of ether oxygens (including phenoxy) is 2. The first-order chi connectivity index (χ1) is 13.5. The lowest BCUT2D eigenvalue weighted by Gasteiger charge is -2.08. The molecule has 0 unspecified atom stereocenters. The largest absolute Gasteiger partial charge is 0.497 e. The highest BCUT2D eigenvalue weighted by Gasteiger charge is 2.13. The molecule has 0 spiro atoms. The third-order valence-electron chi connectivity index (χ3n) is 4.28. The highest BCUT2D eigenvalue weighted by molar-refractivity contribution is 8.00. The molecule has 0 bridgehead atoms. The number of benzene rings is 2. The van der Waals surface area contributed by atoms with Crippen LogP contribution >= 0.6 is 23.1 Å². The zero-order valence-electron chi connectivity index (χ0n) is 16.2. The van der Waals surface area contributed by atoms with Crippen LogP contribution in [0.3, 0.4) is 0 Å². The number of aromatic nitrogens is 1. The van der Waals surface area contributed by atoms with E-state index in [-0.39, 0.29) is 5.91 Å². The lowest BCUT2D eigenvalue weighted by Crippen LogP contribution is -2.13. The van der Waals surface area contributed by atoms with E-state index in [0.717, 1.165) is 21.9 Å². The van der Waals surface area contributed by atoms with Crippen molar-refractivity contribution in [3.8, 4) is 22.8 Å². The molecule has 0 aliphatic rings. The maximum Gasteiger partial charge on any atom is 0.236 e. The standard InChI is InChI=1S/C21H22N2O3S2/c1-13-5-7-16(9-14(13)2)27-12-20(24)23-21-22-18(11-28-21)17-10-15(25-3)6-8-19(17)26-4/h5-11H,12H2,1-4H3,(H,22,23,24). The van der Waals surface area contributed by atoms with Gasteiger partial charge in [0.25, 0.3) is 0 Å². The van der Waals surface area contributed by atoms with Crippen LogP contribution in [0.1, 0.15) is 11.1 Å². The van der Waals surface area contributed by atoms with Crippen LogP contribution in [0.2, 0.25) is 0 Å². The van der Waals surface area contributed by atoms with Crippen molar-refractivity contribution in [1.82, 2.24) is 4.98 Å². The van der Waals surface area contributed by atoms with Gasteiger partial charge in [0.15, 0.2) is 5.13 Å². The molecule has 0 atom stereocenters. The normalized spacial score (nSPS) is 10.6. The topological polar surface area (TPSA) is 60.5 Å². The predicted octanol–water partition coefficient (Wildman–Crippen LogP) is 5.17. The fourth-order valence-electron chi connectivity index (χ4n) is 2.58. The van der Waals surface area contributed by atoms with Crippen LogP contribution in [0, 0.1) is 13.8 Å². The molecule has 3 rings (SSSR count). The van der Waals surface area contributed by atoms with E-state index < -0.39 is 0 Å². The van der Waals surface area contributed by atoms with Crippen molar-refractivity contribution in [3.63, 3.8) is 0 Å². The van der Waals surface area contributed by atoms with Crippen LogP contribution in [-0.4, -0.2) is 30.9 Å². The number of carbonyl (C=O) groups excluding carboxylic acids is 1. The van der Waals surface area contributed by atoms with E-state index in [4.69, 9.17) is 9.47 Å². The van der Waals surface area contributed by atoms with E-state index in [1.807, 2.05) is 29.6 Å². The van der Waals surface area contributed by atoms with Crippen LogP contribution in [0.4, 0.5) is 5.13 Å². The van der Waals surface area contributed by atoms with Crippen molar-refractivity contribution in [3.05, 3.63) is 52.9 Å². The minimum absolute atomic E-state index is 0.0817. The van der Waals surface area contributed by atoms with Gasteiger partial charge in [0.2, 0.25) is 5.91 Å². The number of amides is 1. The summed E-state index contributed by atoms with van der Waals surface area (Å²) in [6, 6.07) is 11.8. The zero-order valence-corrected chi connectivity index (χ0v) is 17.9. The number of anilines is 1. The summed E-state index contributed by atoms with van der Waals surface area (Å²) in [5.74, 6) is 1.68. The Morgan fingerprint density at radius 3 is 2.64 bits per heavy atom. The van der Waals surface area contributed by atoms with E-state index in [1.54, 1.807) is 14.2 Å². The number of nitrogens with zero attached hydrogens (tertiary/aromatic N) is 1. The second-order valence-corrected chi connectivity index (χ2v) is 8.09. The average Bonchev–Trinajstić information content (AvgIpc) is 3.16. The highest BCUT2D eigenvalue weighted by atomic mass is 32.2. The summed E-state index contributed by atoms with van der Waals surface area (Å²) in [4.78, 5) is 17.9. The molecule has 2 aromatic carbocycles. The quantitative estimate of drug-likeness (QED) is 0.540. The van der Waals surface area contributed by atoms with Gasteiger partial charge in [-0.3, -0.25) is 4.79 Å². The maximum absolute atomic E-state index is 12.3. The first kappa shape index (κ1) is 20.2. The van der Waals surface area contributed by atoms with Gasteiger partial charge in [-0.1, -0.05) is 6.07 Å². The minimum atomic E-state index is -0.0817. The van der Waals surface area contributed by atoms with Crippen molar-refractivity contribution in [1.29, 1.82) is 0 Å². The molecular weight excluding hydrogens is 392 g/mol. The van der Waals surface area contributed by atoms with E-state index in [2.05, 4.69) is 36.3 Å². The summed E-state index contributed by atoms with van der Waals surface area (Å²) in [6.07, 6.45) is 0. The third-order valence-corrected chi connectivity index (χ3v) is 6.03. The van der Waals surface area contributed by atoms with E-state index >= 15 is 0 Å². The first-order valence-electron chi connectivity index (χ1n) is 8.68. The molecule has 28 heavy (non-hydrogen) atoms. The van der Waals surface area contributed by atoms with Crippen LogP contribution in [0.5, 0.6) is 11.5 Å². The molecule has 0 fully saturated rings. The second-order valence-electron chi connectivity index (χ2n) is 6.19. The fraction of sp³-hybridized carbons (Fsp3) is 0.238. The summed E-state index contributed by atoms with van der Waals surface area (Å²) in [7, 11) is 3.23. The van der Waals surface area contributed by atoms with Gasteiger partial charge in [-0.25, -0.2) is 4.98 Å². The Bertz CT molecular complexity index is 986. The lowest BCUT2D eigenvalue weighted by atomic mass is 10.1. The van der Waals surface area contributed by atoms with Crippen LogP contribution in [0.15, 0.2) is 46.7 Å². The van der Waals surface area contributed by atoms with Crippen molar-refractivity contribution < 1.29 is 14.3 Å². The SMILES string of the molecule is COc1ccc(OC)c(-c2csc(NC(=O)CSc3ccc(C)c(C)c3)n2)c1. The Morgan fingerprint density at radius 2 is 1.93 bits per heavy atom. The van der Waals surface area contributed by atoms with Crippen molar-refractivity contribution in [2.45, 2.75) is 18.7 Å². The van der Waals surface area contributed by atoms with Gasteiger partial charge in [-0.05, 0) is 55.3 Å². The van der Waals surface area contributed by atoms with Crippen LogP contribution in [0.25, 0.3) is 11.3 Å². The van der Waals surface area contributed by atoms with Gasteiger partial charge >= 0.3 is 0 Å². The van der Waals surface area contributed by atoms with E-state index in [1.165, 1.54) is 34.2 Å². The van der Waals surface area contributed by atoms with Gasteiger partial charge in [0, 0.05) is 15.8 Å². The number of thioether (sulfide) groups is 1. The zero-order chi connectivity index (χ0) is 20.1. The van der Waals surface area contributed by atoms with Gasteiger partial charge in [-0.15, -0.1) is 23.1 Å². The Balaban J connectivity index is 1.66. The number of nitrogens with one attached hydrogen (secondary N) is 1. The number of hydrogen-bond acceptors (Lipinski definition) is 6. The number of thiazole rings is 1. The van der Waals surface area contributed by atoms with Gasteiger partial charge < -0.3 is 14.8 Å². The molecule has 1 N–H and O–H groups in total. The van der Waals surface area contributed by atoms with E-state index in [9.17, 15) is 4.79 Å². The summed E-state index contributed by atoms with van der Waals surface area (Å²) in [5.41, 5.74) is 4.03. The van der Waals surface area contributed by atoms with Crippen LogP contribution in [-0.2, 0) is 4.79 Å². The predicted molar refractivity (Wildman–Crippen MR) is 116 cm³/mol. The Hall–Kier alpha value is -2.51. The van der Waals surface area contributed by atoms with Crippen molar-refractivity contribution in [2.75, 3.05) is 25.3 Å². The molecule has 0 radical (unpaired) electrons. The van der Waals surface area contributed by atoms with Crippen molar-refractivity contribution >= 4 is 34.1 Å². The molecule has 0 saturated carbocycles. The van der Waals surface area contributed by atoms with E-state index in [0.29, 0.717) is 16.6 Å². The Labute approximate surface area is 173 Å². The smallest absolute Gasteiger partial charge is 0.236 e. The number of rotatable bonds is 7. The van der Waals surface area contributed by atoms with Crippen LogP contribution < -0.4 is 14.8 Å². The molecule has 1 heterocycles. The molecule has 0 aliphatic carbocycles. The fourth-order valence-corrected chi connectivity index (χ4v) is 4.10. The summed E-state index contributed by atoms with van der Waals surface area (Å²) < 4.78 is 10.7. The first-order valence-corrected chi connectivity index (χ1v) is 10.5. The molecule has 5 nitrogen and oxygen atoms in total. The average molecular weight is 415 g/mol. The van der Waals surface area contributed by atoms with Gasteiger partial charge in [0.1, 0.15) is 11.5 Å². The number of aryl methyl sites for hydroxylation is 2. The minimum Gasteiger partial charge on any atom is -0.497 e. The Morgan fingerprint density at radius 1 is 1.11 bits per heavy atom. The molecule has 1 amide bonds. The molecule has 3 aromatic rings. The summed E-state index contributed by atoms with van der Waals surface area (Å²) >= 11 is 2.90. The number of hydrogen-bond donors (Lipinski definition) is 1. The number of carbonyl (C=O) groups is 1. The second kappa shape index (κ2) is 9.12. The van der Waals surface area contributed by atoms with Gasteiger partial charge in [-0.2, -0.15) is 0 Å². The number of methoxy groups -OCH3 is 2.